The van der Waals surface area contributed by atoms with Crippen LogP contribution in [0.2, 0.25) is 0 Å². The van der Waals surface area contributed by atoms with E-state index in [0.29, 0.717) is 6.42 Å². The summed E-state index contributed by atoms with van der Waals surface area (Å²) in [6.07, 6.45) is 2.23. The second kappa shape index (κ2) is 8.65. The van der Waals surface area contributed by atoms with Gasteiger partial charge in [0.2, 0.25) is 0 Å². The standard InChI is InChI=1S/C21H23NO6S/c1-14(21(24)22-18-9-10-29(25,26)13-18)28-20(23)8-4-15-3-5-17-12-19(27-2)7-6-16(17)11-15/h3-8,11-12,14,18H,9-10,13H2,1-2H3,(H,22,24)/b8-4+/t14-,18-/m0/s1. The Hall–Kier alpha value is -2.87. The molecule has 2 aromatic rings. The summed E-state index contributed by atoms with van der Waals surface area (Å²) in [6, 6.07) is 11.0. The first-order valence-electron chi connectivity index (χ1n) is 9.23. The second-order valence-electron chi connectivity index (χ2n) is 6.99. The molecule has 3 rings (SSSR count). The fraction of sp³-hybridized carbons (Fsp3) is 0.333. The summed E-state index contributed by atoms with van der Waals surface area (Å²) in [5.41, 5.74) is 0.813. The van der Waals surface area contributed by atoms with Gasteiger partial charge < -0.3 is 14.8 Å². The van der Waals surface area contributed by atoms with Crippen LogP contribution in [0.1, 0.15) is 18.9 Å². The lowest BCUT2D eigenvalue weighted by atomic mass is 10.1. The molecule has 0 spiro atoms. The first kappa shape index (κ1) is 20.9. The SMILES string of the molecule is COc1ccc2cc(/C=C/C(=O)O[C@@H](C)C(=O)N[C@H]3CCS(=O)(=O)C3)ccc2c1. The number of hydrogen-bond donors (Lipinski definition) is 1. The molecule has 1 aliphatic rings. The molecule has 0 aliphatic carbocycles. The highest BCUT2D eigenvalue weighted by molar-refractivity contribution is 7.91. The number of fused-ring (bicyclic) bond motifs is 1. The smallest absolute Gasteiger partial charge is 0.331 e. The van der Waals surface area contributed by atoms with Crippen LogP contribution in [0.15, 0.2) is 42.5 Å². The lowest BCUT2D eigenvalue weighted by Crippen LogP contribution is -2.42. The van der Waals surface area contributed by atoms with Crippen LogP contribution in [-0.4, -0.2) is 51.1 Å². The zero-order chi connectivity index (χ0) is 21.0. The predicted octanol–water partition coefficient (Wildman–Crippen LogP) is 2.10. The maximum absolute atomic E-state index is 12.1. The third-order valence-electron chi connectivity index (χ3n) is 4.72. The van der Waals surface area contributed by atoms with Gasteiger partial charge in [-0.3, -0.25) is 4.79 Å². The number of esters is 1. The van der Waals surface area contributed by atoms with Crippen molar-refractivity contribution in [2.45, 2.75) is 25.5 Å². The molecule has 29 heavy (non-hydrogen) atoms. The molecule has 2 aromatic carbocycles. The molecule has 1 aliphatic heterocycles. The van der Waals surface area contributed by atoms with E-state index in [1.54, 1.807) is 13.2 Å². The summed E-state index contributed by atoms with van der Waals surface area (Å²) in [6.45, 7) is 1.45. The monoisotopic (exact) mass is 417 g/mol. The Morgan fingerprint density at radius 2 is 1.90 bits per heavy atom. The van der Waals surface area contributed by atoms with Gasteiger partial charge in [0, 0.05) is 12.1 Å². The average molecular weight is 417 g/mol. The molecule has 0 radical (unpaired) electrons. The Morgan fingerprint density at radius 1 is 1.17 bits per heavy atom. The number of sulfone groups is 1. The van der Waals surface area contributed by atoms with Gasteiger partial charge in [-0.2, -0.15) is 0 Å². The lowest BCUT2D eigenvalue weighted by Gasteiger charge is -2.15. The van der Waals surface area contributed by atoms with Crippen molar-refractivity contribution in [1.29, 1.82) is 0 Å². The number of carbonyl (C=O) groups excluding carboxylic acids is 2. The molecule has 1 amide bonds. The van der Waals surface area contributed by atoms with Crippen LogP contribution in [-0.2, 0) is 24.2 Å². The summed E-state index contributed by atoms with van der Waals surface area (Å²) in [4.78, 5) is 24.1. The van der Waals surface area contributed by atoms with Crippen molar-refractivity contribution in [2.75, 3.05) is 18.6 Å². The van der Waals surface area contributed by atoms with Crippen LogP contribution in [0.25, 0.3) is 16.8 Å². The van der Waals surface area contributed by atoms with Gasteiger partial charge in [-0.05, 0) is 54.0 Å². The molecular formula is C21H23NO6S. The molecule has 0 bridgehead atoms. The van der Waals surface area contributed by atoms with Gasteiger partial charge in [0.05, 0.1) is 18.6 Å². The van der Waals surface area contributed by atoms with Crippen molar-refractivity contribution in [3.8, 4) is 5.75 Å². The maximum Gasteiger partial charge on any atom is 0.331 e. The van der Waals surface area contributed by atoms with Crippen molar-refractivity contribution in [3.05, 3.63) is 48.0 Å². The van der Waals surface area contributed by atoms with Crippen LogP contribution < -0.4 is 10.1 Å². The van der Waals surface area contributed by atoms with Crippen LogP contribution in [0.5, 0.6) is 5.75 Å². The molecule has 1 fully saturated rings. The van der Waals surface area contributed by atoms with E-state index in [-0.39, 0.29) is 11.5 Å². The van der Waals surface area contributed by atoms with Crippen molar-refractivity contribution < 1.29 is 27.5 Å². The zero-order valence-electron chi connectivity index (χ0n) is 16.3. The molecule has 0 aromatic heterocycles. The van der Waals surface area contributed by atoms with Crippen LogP contribution in [0, 0.1) is 0 Å². The maximum atomic E-state index is 12.1. The molecule has 154 valence electrons. The predicted molar refractivity (Wildman–Crippen MR) is 110 cm³/mol. The van der Waals surface area contributed by atoms with E-state index in [0.717, 1.165) is 22.1 Å². The number of ether oxygens (including phenoxy) is 2. The number of carbonyl (C=O) groups is 2. The Balaban J connectivity index is 1.56. The normalized spacial score (nSPS) is 19.2. The second-order valence-corrected chi connectivity index (χ2v) is 9.22. The van der Waals surface area contributed by atoms with Crippen LogP contribution >= 0.6 is 0 Å². The summed E-state index contributed by atoms with van der Waals surface area (Å²) >= 11 is 0. The summed E-state index contributed by atoms with van der Waals surface area (Å²) in [5, 5.41) is 4.63. The van der Waals surface area contributed by atoms with Crippen molar-refractivity contribution >= 4 is 38.6 Å². The molecule has 0 unspecified atom stereocenters. The van der Waals surface area contributed by atoms with Gasteiger partial charge in [-0.25, -0.2) is 13.2 Å². The highest BCUT2D eigenvalue weighted by Gasteiger charge is 2.30. The van der Waals surface area contributed by atoms with Gasteiger partial charge >= 0.3 is 5.97 Å². The Morgan fingerprint density at radius 3 is 2.59 bits per heavy atom. The number of rotatable bonds is 6. The third-order valence-corrected chi connectivity index (χ3v) is 6.49. The van der Waals surface area contributed by atoms with Gasteiger partial charge in [0.25, 0.3) is 5.91 Å². The molecule has 8 heteroatoms. The minimum absolute atomic E-state index is 0.0629. The summed E-state index contributed by atoms with van der Waals surface area (Å²) in [7, 11) is -1.48. The van der Waals surface area contributed by atoms with E-state index in [2.05, 4.69) is 5.32 Å². The summed E-state index contributed by atoms with van der Waals surface area (Å²) < 4.78 is 33.2. The number of methoxy groups -OCH3 is 1. The van der Waals surface area contributed by atoms with E-state index in [4.69, 9.17) is 9.47 Å². The lowest BCUT2D eigenvalue weighted by molar-refractivity contribution is -0.150. The Kier molecular flexibility index (Phi) is 6.22. The quantitative estimate of drug-likeness (QED) is 0.571. The number of hydrogen-bond acceptors (Lipinski definition) is 6. The highest BCUT2D eigenvalue weighted by atomic mass is 32.2. The van der Waals surface area contributed by atoms with Gasteiger partial charge in [-0.1, -0.05) is 18.2 Å². The van der Waals surface area contributed by atoms with Crippen molar-refractivity contribution in [2.24, 2.45) is 0 Å². The molecular weight excluding hydrogens is 394 g/mol. The highest BCUT2D eigenvalue weighted by Crippen LogP contribution is 2.22. The van der Waals surface area contributed by atoms with Gasteiger partial charge in [0.1, 0.15) is 5.75 Å². The third kappa shape index (κ3) is 5.57. The molecule has 1 N–H and O–H groups in total. The fourth-order valence-corrected chi connectivity index (χ4v) is 4.80. The minimum Gasteiger partial charge on any atom is -0.497 e. The molecule has 1 heterocycles. The van der Waals surface area contributed by atoms with E-state index < -0.39 is 33.9 Å². The van der Waals surface area contributed by atoms with Crippen molar-refractivity contribution in [1.82, 2.24) is 5.32 Å². The first-order valence-corrected chi connectivity index (χ1v) is 11.1. The fourth-order valence-electron chi connectivity index (χ4n) is 3.13. The molecule has 2 atom stereocenters. The van der Waals surface area contributed by atoms with Crippen LogP contribution in [0.4, 0.5) is 0 Å². The molecule has 0 saturated carbocycles. The Labute approximate surface area is 169 Å². The van der Waals surface area contributed by atoms with Crippen LogP contribution in [0.3, 0.4) is 0 Å². The molecule has 1 saturated heterocycles. The van der Waals surface area contributed by atoms with E-state index >= 15 is 0 Å². The van der Waals surface area contributed by atoms with Gasteiger partial charge in [-0.15, -0.1) is 0 Å². The first-order chi connectivity index (χ1) is 13.8. The molecule has 7 nitrogen and oxygen atoms in total. The van der Waals surface area contributed by atoms with Gasteiger partial charge in [0.15, 0.2) is 15.9 Å². The minimum atomic E-state index is -3.09. The zero-order valence-corrected chi connectivity index (χ0v) is 17.1. The number of amides is 1. The van der Waals surface area contributed by atoms with Crippen molar-refractivity contribution in [3.63, 3.8) is 0 Å². The average Bonchev–Trinajstić information content (AvgIpc) is 3.03. The Bertz CT molecular complexity index is 1060. The number of benzene rings is 2. The summed E-state index contributed by atoms with van der Waals surface area (Å²) in [5.74, 6) is -0.401. The largest absolute Gasteiger partial charge is 0.497 e. The van der Waals surface area contributed by atoms with E-state index in [9.17, 15) is 18.0 Å². The topological polar surface area (TPSA) is 98.8 Å². The van der Waals surface area contributed by atoms with E-state index in [1.165, 1.54) is 13.0 Å². The number of nitrogens with one attached hydrogen (secondary N) is 1. The van der Waals surface area contributed by atoms with E-state index in [1.807, 2.05) is 36.4 Å².